The lowest BCUT2D eigenvalue weighted by Crippen LogP contribution is -2.07. The fourth-order valence-corrected chi connectivity index (χ4v) is 1.46. The maximum atomic E-state index is 4.22. The van der Waals surface area contributed by atoms with Crippen LogP contribution in [0.15, 0.2) is 24.7 Å². The predicted molar refractivity (Wildman–Crippen MR) is 51.5 cm³/mol. The van der Waals surface area contributed by atoms with Gasteiger partial charge in [-0.2, -0.15) is 0 Å². The van der Waals surface area contributed by atoms with Gasteiger partial charge in [0.1, 0.15) is 12.0 Å². The molecule has 0 amide bonds. The Balaban J connectivity index is 2.40. The van der Waals surface area contributed by atoms with Crippen molar-refractivity contribution >= 4 is 0 Å². The van der Waals surface area contributed by atoms with Gasteiger partial charge in [-0.3, -0.25) is 0 Å². The molecule has 0 fully saturated rings. The molecule has 0 aromatic rings. The molecule has 3 nitrogen and oxygen atoms in total. The van der Waals surface area contributed by atoms with E-state index in [1.54, 1.807) is 6.33 Å². The van der Waals surface area contributed by atoms with Gasteiger partial charge in [0.05, 0.1) is 0 Å². The number of pyridine rings is 1. The minimum atomic E-state index is 0.632. The highest BCUT2D eigenvalue weighted by Gasteiger charge is 2.08. The molecular formula is C10H13N3. The molecular weight excluding hydrogens is 162 g/mol. The van der Waals surface area contributed by atoms with Crippen LogP contribution in [0.2, 0.25) is 0 Å². The molecule has 0 saturated carbocycles. The molecule has 2 rings (SSSR count). The first-order chi connectivity index (χ1) is 6.27. The smallest absolute Gasteiger partial charge is 0.160 e. The highest BCUT2D eigenvalue weighted by Crippen LogP contribution is 2.16. The zero-order valence-electron chi connectivity index (χ0n) is 7.94. The summed E-state index contributed by atoms with van der Waals surface area (Å²) in [5, 5.41) is 0. The zero-order chi connectivity index (χ0) is 9.26. The summed E-state index contributed by atoms with van der Waals surface area (Å²) in [6.07, 6.45) is 3.67. The summed E-state index contributed by atoms with van der Waals surface area (Å²) in [6.45, 7) is 5.39. The Morgan fingerprint density at radius 1 is 1.38 bits per heavy atom. The summed E-state index contributed by atoms with van der Waals surface area (Å²) in [7, 11) is 0. The van der Waals surface area contributed by atoms with Crippen molar-refractivity contribution in [1.82, 2.24) is 14.5 Å². The van der Waals surface area contributed by atoms with Crippen LogP contribution >= 0.6 is 0 Å². The lowest BCUT2D eigenvalue weighted by molar-refractivity contribution is 0.521. The van der Waals surface area contributed by atoms with Crippen LogP contribution in [-0.4, -0.2) is 14.5 Å². The quantitative estimate of drug-likeness (QED) is 0.699. The monoisotopic (exact) mass is 175 g/mol. The lowest BCUT2D eigenvalue weighted by atomic mass is 10.2. The zero-order valence-corrected chi connectivity index (χ0v) is 7.94. The number of nitrogens with zero attached hydrogens (tertiary/aromatic N) is 3. The molecule has 2 heterocycles. The van der Waals surface area contributed by atoms with Crippen molar-refractivity contribution in [1.29, 1.82) is 0 Å². The third-order valence-corrected chi connectivity index (χ3v) is 1.96. The van der Waals surface area contributed by atoms with E-state index >= 15 is 0 Å². The Hall–Kier alpha value is -1.38. The predicted octanol–water partition coefficient (Wildman–Crippen LogP) is 2.04. The van der Waals surface area contributed by atoms with Gasteiger partial charge < -0.3 is 4.57 Å². The van der Waals surface area contributed by atoms with Gasteiger partial charge in [-0.05, 0) is 18.1 Å². The van der Waals surface area contributed by atoms with Gasteiger partial charge in [0.15, 0.2) is 5.82 Å². The van der Waals surface area contributed by atoms with Crippen molar-refractivity contribution in [3.63, 3.8) is 0 Å². The topological polar surface area (TPSA) is 30.7 Å². The van der Waals surface area contributed by atoms with Gasteiger partial charge in [0, 0.05) is 12.7 Å². The SMILES string of the molecule is CC(C)Cn1cccc2ncnc1-2. The summed E-state index contributed by atoms with van der Waals surface area (Å²) < 4.78 is 2.15. The third-order valence-electron chi connectivity index (χ3n) is 1.96. The third kappa shape index (κ3) is 1.54. The van der Waals surface area contributed by atoms with Crippen molar-refractivity contribution in [3.05, 3.63) is 24.7 Å². The van der Waals surface area contributed by atoms with E-state index in [0.717, 1.165) is 18.1 Å². The number of aromatic nitrogens is 3. The van der Waals surface area contributed by atoms with Crippen molar-refractivity contribution in [2.75, 3.05) is 0 Å². The maximum absolute atomic E-state index is 4.22. The molecule has 0 saturated heterocycles. The van der Waals surface area contributed by atoms with Gasteiger partial charge in [-0.1, -0.05) is 13.8 Å². The minimum absolute atomic E-state index is 0.632. The highest BCUT2D eigenvalue weighted by atomic mass is 15.1. The van der Waals surface area contributed by atoms with Crippen molar-refractivity contribution in [2.24, 2.45) is 5.92 Å². The largest absolute Gasteiger partial charge is 0.331 e. The maximum Gasteiger partial charge on any atom is 0.160 e. The van der Waals surface area contributed by atoms with Crippen LogP contribution in [0.4, 0.5) is 0 Å². The Morgan fingerprint density at radius 2 is 2.23 bits per heavy atom. The number of rotatable bonds is 2. The summed E-state index contributed by atoms with van der Waals surface area (Å²) in [4.78, 5) is 8.38. The van der Waals surface area contributed by atoms with Crippen LogP contribution in [0.25, 0.3) is 11.5 Å². The summed E-state index contributed by atoms with van der Waals surface area (Å²) in [5.41, 5.74) is 0.975. The molecule has 0 bridgehead atoms. The van der Waals surface area contributed by atoms with Crippen LogP contribution in [0.5, 0.6) is 0 Å². The standard InChI is InChI=1S/C10H13N3/c1-8(2)6-13-5-3-4-9-10(13)12-7-11-9/h3-5,7-8H,6H2,1-2H3. The number of imidazole rings is 1. The second kappa shape index (κ2) is 3.17. The fourth-order valence-electron chi connectivity index (χ4n) is 1.46. The van der Waals surface area contributed by atoms with Crippen molar-refractivity contribution in [2.45, 2.75) is 20.4 Å². The molecule has 0 unspecified atom stereocenters. The average molecular weight is 175 g/mol. The molecule has 0 spiro atoms. The second-order valence-electron chi connectivity index (χ2n) is 3.64. The van der Waals surface area contributed by atoms with Crippen LogP contribution in [0.1, 0.15) is 13.8 Å². The highest BCUT2D eigenvalue weighted by molar-refractivity contribution is 5.50. The van der Waals surface area contributed by atoms with Crippen molar-refractivity contribution < 1.29 is 0 Å². The Kier molecular flexibility index (Phi) is 2.00. The van der Waals surface area contributed by atoms with E-state index in [4.69, 9.17) is 0 Å². The van der Waals surface area contributed by atoms with Crippen LogP contribution in [0.3, 0.4) is 0 Å². The fraction of sp³-hybridized carbons (Fsp3) is 0.400. The first-order valence-corrected chi connectivity index (χ1v) is 4.53. The van der Waals surface area contributed by atoms with E-state index in [1.165, 1.54) is 0 Å². The molecule has 13 heavy (non-hydrogen) atoms. The van der Waals surface area contributed by atoms with Gasteiger partial charge in [-0.25, -0.2) is 9.97 Å². The van der Waals surface area contributed by atoms with Crippen LogP contribution in [0, 0.1) is 5.92 Å². The van der Waals surface area contributed by atoms with E-state index in [0.29, 0.717) is 5.92 Å². The summed E-state index contributed by atoms with van der Waals surface area (Å²) in [6, 6.07) is 4.00. The molecule has 0 aromatic heterocycles. The average Bonchev–Trinajstić information content (AvgIpc) is 2.51. The summed E-state index contributed by atoms with van der Waals surface area (Å²) in [5.74, 6) is 1.61. The minimum Gasteiger partial charge on any atom is -0.331 e. The first-order valence-electron chi connectivity index (χ1n) is 4.53. The van der Waals surface area contributed by atoms with Gasteiger partial charge in [0.2, 0.25) is 0 Å². The lowest BCUT2D eigenvalue weighted by Gasteiger charge is -2.12. The molecule has 0 N–H and O–H groups in total. The van der Waals surface area contributed by atoms with Crippen molar-refractivity contribution in [3.8, 4) is 11.5 Å². The van der Waals surface area contributed by atoms with E-state index in [9.17, 15) is 0 Å². The molecule has 68 valence electrons. The second-order valence-corrected chi connectivity index (χ2v) is 3.64. The van der Waals surface area contributed by atoms with Gasteiger partial charge in [-0.15, -0.1) is 0 Å². The molecule has 0 atom stereocenters. The van der Waals surface area contributed by atoms with Crippen LogP contribution in [-0.2, 0) is 6.54 Å². The Bertz CT molecular complexity index is 364. The van der Waals surface area contributed by atoms with E-state index in [-0.39, 0.29) is 0 Å². The molecule has 2 aliphatic heterocycles. The molecule has 0 aliphatic carbocycles. The molecule has 2 aliphatic rings. The van der Waals surface area contributed by atoms with E-state index in [2.05, 4.69) is 34.6 Å². The van der Waals surface area contributed by atoms with E-state index < -0.39 is 0 Å². The molecule has 0 aromatic carbocycles. The number of hydrogen-bond donors (Lipinski definition) is 0. The normalized spacial score (nSPS) is 11.3. The van der Waals surface area contributed by atoms with Gasteiger partial charge in [0.25, 0.3) is 0 Å². The Labute approximate surface area is 77.8 Å². The number of hydrogen-bond acceptors (Lipinski definition) is 2. The van der Waals surface area contributed by atoms with Gasteiger partial charge >= 0.3 is 0 Å². The van der Waals surface area contributed by atoms with E-state index in [1.807, 2.05) is 12.1 Å². The first kappa shape index (κ1) is 8.23. The molecule has 0 radical (unpaired) electrons. The molecule has 3 heteroatoms. The summed E-state index contributed by atoms with van der Waals surface area (Å²) >= 11 is 0. The van der Waals surface area contributed by atoms with Crippen LogP contribution < -0.4 is 0 Å². The number of fused-ring (bicyclic) bond motifs is 1. The Morgan fingerprint density at radius 3 is 3.00 bits per heavy atom.